The zero-order chi connectivity index (χ0) is 36.6. The second-order valence-corrected chi connectivity index (χ2v) is 20.8. The minimum Gasteiger partial charge on any atom is -0.390 e. The third-order valence-corrected chi connectivity index (χ3v) is 17.7. The summed E-state index contributed by atoms with van der Waals surface area (Å²) in [6, 6.07) is 0. The molecule has 8 unspecified atom stereocenters. The quantitative estimate of drug-likeness (QED) is 0.368. The molecule has 13 heteroatoms. The van der Waals surface area contributed by atoms with Gasteiger partial charge in [-0.1, -0.05) is 48.5 Å². The van der Waals surface area contributed by atoms with Gasteiger partial charge < -0.3 is 24.2 Å². The van der Waals surface area contributed by atoms with Crippen molar-refractivity contribution in [2.45, 2.75) is 136 Å². The molecule has 50 heavy (non-hydrogen) atoms. The fourth-order valence-corrected chi connectivity index (χ4v) is 14.5. The molecule has 0 aromatic rings. The number of alkyl halides is 3. The Bertz CT molecular complexity index is 1480. The van der Waals surface area contributed by atoms with Gasteiger partial charge in [0.1, 0.15) is 0 Å². The van der Waals surface area contributed by atoms with Crippen LogP contribution in [0.2, 0.25) is 0 Å². The maximum atomic E-state index is 13.3. The number of sulfonamides is 1. The molecule has 13 atom stereocenters. The smallest absolute Gasteiger partial charge is 0.390 e. The van der Waals surface area contributed by atoms with Crippen molar-refractivity contribution in [3.05, 3.63) is 0 Å². The molecule has 0 radical (unpaired) electrons. The summed E-state index contributed by atoms with van der Waals surface area (Å²) in [6.45, 7) is 16.4. The fourth-order valence-electron chi connectivity index (χ4n) is 13.8. The average molecular weight is 733 g/mol. The Morgan fingerprint density at radius 3 is 2.38 bits per heavy atom. The van der Waals surface area contributed by atoms with E-state index in [4.69, 9.17) is 14.2 Å². The van der Waals surface area contributed by atoms with E-state index in [1.165, 1.54) is 0 Å². The number of ether oxygens (including phenoxy) is 3. The Balaban J connectivity index is 1.09. The molecule has 2 saturated heterocycles. The van der Waals surface area contributed by atoms with E-state index in [1.807, 2.05) is 18.7 Å². The number of hydrogen-bond acceptors (Lipinski definition) is 7. The number of likely N-dealkylation sites (N-methyl/N-ethyl adjacent to an activating group) is 1. The molecule has 0 aromatic carbocycles. The number of amides is 1. The predicted octanol–water partition coefficient (Wildman–Crippen LogP) is 5.81. The summed E-state index contributed by atoms with van der Waals surface area (Å²) in [5.74, 6) is 0.903. The summed E-state index contributed by atoms with van der Waals surface area (Å²) in [6.07, 6.45) is 5.18. The average Bonchev–Trinajstić information content (AvgIpc) is 3.66. The Labute approximate surface area is 296 Å². The molecule has 7 aliphatic rings. The molecular weight excluding hydrogens is 673 g/mol. The number of aliphatic hydroxyl groups excluding tert-OH is 1. The van der Waals surface area contributed by atoms with Gasteiger partial charge in [0.15, 0.2) is 6.29 Å². The number of fused-ring (bicyclic) bond motifs is 4. The lowest BCUT2D eigenvalue weighted by Crippen LogP contribution is -2.60. The van der Waals surface area contributed by atoms with Crippen LogP contribution >= 0.6 is 0 Å². The van der Waals surface area contributed by atoms with Gasteiger partial charge >= 0.3 is 15.5 Å². The van der Waals surface area contributed by atoms with Crippen LogP contribution in [0.15, 0.2) is 0 Å². The number of rotatable bonds is 6. The molecule has 0 bridgehead atoms. The Kier molecular flexibility index (Phi) is 8.78. The van der Waals surface area contributed by atoms with Crippen LogP contribution in [0, 0.1) is 56.7 Å². The zero-order valence-corrected chi connectivity index (χ0v) is 31.9. The number of carbonyl (C=O) groups is 1. The minimum absolute atomic E-state index is 0.0151. The highest BCUT2D eigenvalue weighted by atomic mass is 32.2. The van der Waals surface area contributed by atoms with Crippen LogP contribution in [0.25, 0.3) is 0 Å². The summed E-state index contributed by atoms with van der Waals surface area (Å²) in [7, 11) is -4.52. The van der Waals surface area contributed by atoms with Crippen LogP contribution < -0.4 is 0 Å². The van der Waals surface area contributed by atoms with Crippen molar-refractivity contribution in [1.29, 1.82) is 0 Å². The van der Waals surface area contributed by atoms with Crippen molar-refractivity contribution < 1.29 is 45.7 Å². The van der Waals surface area contributed by atoms with E-state index in [0.717, 1.165) is 52.0 Å². The predicted molar refractivity (Wildman–Crippen MR) is 180 cm³/mol. The van der Waals surface area contributed by atoms with E-state index in [1.54, 1.807) is 0 Å². The lowest BCUT2D eigenvalue weighted by Gasteiger charge is -2.64. The molecular formula is C37H59F3N2O7S. The molecule has 5 saturated carbocycles. The molecule has 1 amide bonds. The van der Waals surface area contributed by atoms with Crippen molar-refractivity contribution in [3.63, 3.8) is 0 Å². The first kappa shape index (κ1) is 37.3. The molecule has 2 aliphatic heterocycles. The summed E-state index contributed by atoms with van der Waals surface area (Å²) in [5, 5.41) is 12.4. The van der Waals surface area contributed by atoms with Crippen molar-refractivity contribution in [2.75, 3.05) is 33.3 Å². The summed E-state index contributed by atoms with van der Waals surface area (Å²) in [4.78, 5) is 14.6. The standard InChI is InChI=1S/C37H59F3N2O7S/c1-21(2)31(44)42-15-16-47-27(19-42)49-26-11-12-35-20-36(35)14-13-33(6)28-22(3)17-23(18-41(8)50(45,46)37(38,39)40)48-29(28)30(43)34(33,7)25(36)10-9-24(35)32(26,4)5/h21-30,43H,9-20H2,1-8H3/t22-,23?,24+,25?,26?,27+,28?,29?,30+,33?,34-,35?,36?/m1/s1. The van der Waals surface area contributed by atoms with Gasteiger partial charge in [-0.2, -0.15) is 17.5 Å². The van der Waals surface area contributed by atoms with Crippen LogP contribution in [-0.4, -0.2) is 98.1 Å². The molecule has 286 valence electrons. The first-order chi connectivity index (χ1) is 23.1. The first-order valence-corrected chi connectivity index (χ1v) is 20.4. The molecule has 7 fully saturated rings. The number of halogens is 3. The second kappa shape index (κ2) is 11.8. The van der Waals surface area contributed by atoms with E-state index in [-0.39, 0.29) is 51.4 Å². The fraction of sp³-hybridized carbons (Fsp3) is 0.973. The van der Waals surface area contributed by atoms with Crippen molar-refractivity contribution in [1.82, 2.24) is 9.21 Å². The lowest BCUT2D eigenvalue weighted by molar-refractivity contribution is -0.248. The van der Waals surface area contributed by atoms with Gasteiger partial charge in [-0.3, -0.25) is 4.79 Å². The van der Waals surface area contributed by atoms with Crippen LogP contribution in [0.1, 0.15) is 99.8 Å². The zero-order valence-electron chi connectivity index (χ0n) is 31.1. The Morgan fingerprint density at radius 2 is 1.72 bits per heavy atom. The van der Waals surface area contributed by atoms with Gasteiger partial charge in [-0.05, 0) is 96.7 Å². The number of hydrogen-bond donors (Lipinski definition) is 1. The van der Waals surface area contributed by atoms with Crippen molar-refractivity contribution >= 4 is 15.9 Å². The molecule has 0 aromatic heterocycles. The number of carbonyl (C=O) groups excluding carboxylic acids is 1. The van der Waals surface area contributed by atoms with E-state index in [9.17, 15) is 31.5 Å². The highest BCUT2D eigenvalue weighted by molar-refractivity contribution is 7.89. The van der Waals surface area contributed by atoms with E-state index in [0.29, 0.717) is 42.3 Å². The maximum absolute atomic E-state index is 13.3. The van der Waals surface area contributed by atoms with E-state index < -0.39 is 52.1 Å². The SMILES string of the molecule is CC(C)C(=O)N1CCO[C@@H](OC2CCC34CC35CCC3(C)C6C(OC(CN(C)S(=O)(=O)C(F)(F)F)C[C@H]6C)[C@H](O)[C@@]3(C)C5CC[C@H]4C2(C)C)C1. The lowest BCUT2D eigenvalue weighted by atomic mass is 9.41. The largest absolute Gasteiger partial charge is 0.511 e. The van der Waals surface area contributed by atoms with Gasteiger partial charge in [0.2, 0.25) is 5.91 Å². The second-order valence-electron chi connectivity index (χ2n) is 18.7. The van der Waals surface area contributed by atoms with Crippen LogP contribution in [-0.2, 0) is 29.0 Å². The van der Waals surface area contributed by atoms with Gasteiger partial charge in [0.25, 0.3) is 0 Å². The summed E-state index contributed by atoms with van der Waals surface area (Å²) in [5.41, 5.74) is -5.84. The van der Waals surface area contributed by atoms with E-state index in [2.05, 4.69) is 34.6 Å². The van der Waals surface area contributed by atoms with E-state index >= 15 is 0 Å². The molecule has 7 rings (SSSR count). The van der Waals surface area contributed by atoms with Crippen LogP contribution in [0.3, 0.4) is 0 Å². The van der Waals surface area contributed by atoms with Gasteiger partial charge in [0, 0.05) is 31.5 Å². The topological polar surface area (TPSA) is 106 Å². The third kappa shape index (κ3) is 4.93. The Hall–Kier alpha value is -0.990. The first-order valence-electron chi connectivity index (χ1n) is 19.0. The number of nitrogens with zero attached hydrogens (tertiary/aromatic N) is 2. The van der Waals surface area contributed by atoms with Gasteiger partial charge in [-0.15, -0.1) is 0 Å². The molecule has 1 N–H and O–H groups in total. The molecule has 2 spiro atoms. The van der Waals surface area contributed by atoms with Gasteiger partial charge in [-0.25, -0.2) is 8.42 Å². The molecule has 2 heterocycles. The number of morpholine rings is 1. The third-order valence-electron chi connectivity index (χ3n) is 16.1. The minimum atomic E-state index is -5.48. The maximum Gasteiger partial charge on any atom is 0.511 e. The highest BCUT2D eigenvalue weighted by Crippen LogP contribution is 2.89. The monoisotopic (exact) mass is 732 g/mol. The normalized spacial score (nSPS) is 48.4. The van der Waals surface area contributed by atoms with Crippen LogP contribution in [0.4, 0.5) is 13.2 Å². The van der Waals surface area contributed by atoms with Crippen molar-refractivity contribution in [3.8, 4) is 0 Å². The molecule has 9 nitrogen and oxygen atoms in total. The molecule has 5 aliphatic carbocycles. The van der Waals surface area contributed by atoms with Gasteiger partial charge in [0.05, 0.1) is 37.6 Å². The van der Waals surface area contributed by atoms with Crippen LogP contribution in [0.5, 0.6) is 0 Å². The summed E-state index contributed by atoms with van der Waals surface area (Å²) >= 11 is 0. The number of aliphatic hydroxyl groups is 1. The van der Waals surface area contributed by atoms with Crippen molar-refractivity contribution in [2.24, 2.45) is 56.7 Å². The Morgan fingerprint density at radius 1 is 1.06 bits per heavy atom. The highest BCUT2D eigenvalue weighted by Gasteiger charge is 2.84. The summed E-state index contributed by atoms with van der Waals surface area (Å²) < 4.78 is 83.8.